The normalized spacial score (nSPS) is 10.9. The van der Waals surface area contributed by atoms with Crippen LogP contribution in [0.3, 0.4) is 0 Å². The summed E-state index contributed by atoms with van der Waals surface area (Å²) in [6, 6.07) is 7.78. The van der Waals surface area contributed by atoms with Gasteiger partial charge >= 0.3 is 0 Å². The Kier molecular flexibility index (Phi) is 4.21. The summed E-state index contributed by atoms with van der Waals surface area (Å²) < 4.78 is 1.69. The van der Waals surface area contributed by atoms with Crippen LogP contribution in [-0.2, 0) is 0 Å². The summed E-state index contributed by atoms with van der Waals surface area (Å²) in [4.78, 5) is 4.03. The summed E-state index contributed by atoms with van der Waals surface area (Å²) in [5.41, 5.74) is 16.1. The highest BCUT2D eigenvalue weighted by Crippen LogP contribution is 2.22. The maximum Gasteiger partial charge on any atom is 0.206 e. The van der Waals surface area contributed by atoms with Crippen molar-refractivity contribution in [2.24, 2.45) is 10.8 Å². The number of thiocarbonyl (C=S) groups is 1. The van der Waals surface area contributed by atoms with Gasteiger partial charge in [0.1, 0.15) is 5.69 Å². The van der Waals surface area contributed by atoms with E-state index in [1.54, 1.807) is 4.57 Å². The van der Waals surface area contributed by atoms with Crippen molar-refractivity contribution in [3.63, 3.8) is 0 Å². The van der Waals surface area contributed by atoms with Crippen molar-refractivity contribution >= 4 is 41.1 Å². The third-order valence-corrected chi connectivity index (χ3v) is 2.92. The predicted molar refractivity (Wildman–Crippen MR) is 85.2 cm³/mol. The van der Waals surface area contributed by atoms with Gasteiger partial charge in [0.05, 0.1) is 6.21 Å². The number of aromatic nitrogens is 2. The average molecular weight is 309 g/mol. The summed E-state index contributed by atoms with van der Waals surface area (Å²) in [5.74, 6) is 0.274. The second kappa shape index (κ2) is 5.89. The molecule has 2 rings (SSSR count). The SMILES string of the molecule is Cc1ccc(-n2c(N)nc(Cl)c2C=NNC(N)=S)cc1. The molecule has 0 fully saturated rings. The fraction of sp³-hybridized carbons (Fsp3) is 0.0833. The maximum atomic E-state index is 6.05. The van der Waals surface area contributed by atoms with E-state index < -0.39 is 0 Å². The van der Waals surface area contributed by atoms with Gasteiger partial charge in [-0.15, -0.1) is 0 Å². The Labute approximate surface area is 126 Å². The van der Waals surface area contributed by atoms with Gasteiger partial charge in [-0.3, -0.25) is 9.99 Å². The lowest BCUT2D eigenvalue weighted by Gasteiger charge is -2.07. The number of aryl methyl sites for hydroxylation is 1. The minimum atomic E-state index is 0.0618. The van der Waals surface area contributed by atoms with Gasteiger partial charge in [0.15, 0.2) is 10.3 Å². The van der Waals surface area contributed by atoms with E-state index in [2.05, 4.69) is 27.7 Å². The number of nitrogens with zero attached hydrogens (tertiary/aromatic N) is 3. The Morgan fingerprint density at radius 2 is 2.10 bits per heavy atom. The van der Waals surface area contributed by atoms with Crippen LogP contribution in [0, 0.1) is 6.92 Å². The van der Waals surface area contributed by atoms with Crippen molar-refractivity contribution in [3.05, 3.63) is 40.7 Å². The summed E-state index contributed by atoms with van der Waals surface area (Å²) in [6.45, 7) is 2.00. The molecule has 8 heteroatoms. The fourth-order valence-corrected chi connectivity index (χ4v) is 1.93. The van der Waals surface area contributed by atoms with E-state index in [1.807, 2.05) is 31.2 Å². The second-order valence-corrected chi connectivity index (χ2v) is 4.85. The molecule has 0 saturated carbocycles. The number of imidazole rings is 1. The van der Waals surface area contributed by atoms with E-state index >= 15 is 0 Å². The highest BCUT2D eigenvalue weighted by atomic mass is 35.5. The highest BCUT2D eigenvalue weighted by molar-refractivity contribution is 7.80. The van der Waals surface area contributed by atoms with Crippen molar-refractivity contribution in [2.75, 3.05) is 5.73 Å². The molecule has 5 N–H and O–H groups in total. The van der Waals surface area contributed by atoms with Crippen LogP contribution in [0.25, 0.3) is 5.69 Å². The lowest BCUT2D eigenvalue weighted by Crippen LogP contribution is -2.24. The molecule has 104 valence electrons. The Bertz CT molecular complexity index is 661. The molecule has 0 aliphatic rings. The van der Waals surface area contributed by atoms with E-state index in [9.17, 15) is 0 Å². The molecule has 0 radical (unpaired) electrons. The molecule has 0 aliphatic carbocycles. The molecular formula is C12H13ClN6S. The summed E-state index contributed by atoms with van der Waals surface area (Å²) >= 11 is 10.7. The molecule has 1 heterocycles. The van der Waals surface area contributed by atoms with Crippen LogP contribution in [-0.4, -0.2) is 20.9 Å². The summed E-state index contributed by atoms with van der Waals surface area (Å²) in [7, 11) is 0. The van der Waals surface area contributed by atoms with E-state index in [4.69, 9.17) is 23.1 Å². The Morgan fingerprint density at radius 3 is 2.70 bits per heavy atom. The van der Waals surface area contributed by atoms with Gasteiger partial charge in [-0.1, -0.05) is 29.3 Å². The highest BCUT2D eigenvalue weighted by Gasteiger charge is 2.13. The standard InChI is InChI=1S/C12H13ClN6S/c1-7-2-4-8(5-3-7)19-9(6-16-18-12(15)20)10(13)17-11(19)14/h2-6H,1H3,(H2,14,17)(H3,15,18,20). The number of halogens is 1. The molecule has 1 aromatic heterocycles. The van der Waals surface area contributed by atoms with Crippen LogP contribution in [0.4, 0.5) is 5.95 Å². The number of nitrogen functional groups attached to an aromatic ring is 1. The molecule has 0 amide bonds. The lowest BCUT2D eigenvalue weighted by molar-refractivity contribution is 1.02. The minimum absolute atomic E-state index is 0.0618. The first kappa shape index (κ1) is 14.3. The van der Waals surface area contributed by atoms with Gasteiger partial charge < -0.3 is 11.5 Å². The molecule has 1 aromatic carbocycles. The average Bonchev–Trinajstić information content (AvgIpc) is 2.65. The van der Waals surface area contributed by atoms with Crippen LogP contribution < -0.4 is 16.9 Å². The number of nitrogens with one attached hydrogen (secondary N) is 1. The number of hydrogen-bond acceptors (Lipinski definition) is 4. The van der Waals surface area contributed by atoms with Gasteiger partial charge in [-0.05, 0) is 31.3 Å². The molecule has 0 saturated heterocycles. The van der Waals surface area contributed by atoms with E-state index in [1.165, 1.54) is 6.21 Å². The smallest absolute Gasteiger partial charge is 0.206 e. The summed E-state index contributed by atoms with van der Waals surface area (Å²) in [5, 5.41) is 4.19. The lowest BCUT2D eigenvalue weighted by atomic mass is 10.2. The van der Waals surface area contributed by atoms with Crippen molar-refractivity contribution < 1.29 is 0 Å². The molecule has 0 bridgehead atoms. The predicted octanol–water partition coefficient (Wildman–Crippen LogP) is 1.58. The van der Waals surface area contributed by atoms with Gasteiger partial charge in [-0.2, -0.15) is 5.10 Å². The first-order valence-corrected chi connectivity index (χ1v) is 6.47. The Balaban J connectivity index is 2.44. The van der Waals surface area contributed by atoms with E-state index in [0.717, 1.165) is 11.3 Å². The molecule has 0 spiro atoms. The molecule has 0 aliphatic heterocycles. The zero-order valence-electron chi connectivity index (χ0n) is 10.7. The maximum absolute atomic E-state index is 6.05. The van der Waals surface area contributed by atoms with Gasteiger partial charge in [0.25, 0.3) is 0 Å². The quantitative estimate of drug-likeness (QED) is 0.455. The molecule has 0 atom stereocenters. The molecular weight excluding hydrogens is 296 g/mol. The molecule has 20 heavy (non-hydrogen) atoms. The van der Waals surface area contributed by atoms with Crippen molar-refractivity contribution in [1.82, 2.24) is 15.0 Å². The van der Waals surface area contributed by atoms with Gasteiger partial charge in [-0.25, -0.2) is 4.98 Å². The Hall–Kier alpha value is -2.12. The first-order valence-electron chi connectivity index (χ1n) is 5.68. The molecule has 2 aromatic rings. The van der Waals surface area contributed by atoms with Crippen LogP contribution >= 0.6 is 23.8 Å². The largest absolute Gasteiger partial charge is 0.375 e. The van der Waals surface area contributed by atoms with E-state index in [-0.39, 0.29) is 16.2 Å². The van der Waals surface area contributed by atoms with Crippen LogP contribution in [0.1, 0.15) is 11.3 Å². The second-order valence-electron chi connectivity index (χ2n) is 4.05. The fourth-order valence-electron chi connectivity index (χ4n) is 1.66. The van der Waals surface area contributed by atoms with Gasteiger partial charge in [0, 0.05) is 5.69 Å². The monoisotopic (exact) mass is 308 g/mol. The molecule has 6 nitrogen and oxygen atoms in total. The third kappa shape index (κ3) is 3.06. The third-order valence-electron chi connectivity index (χ3n) is 2.55. The van der Waals surface area contributed by atoms with Crippen LogP contribution in [0.15, 0.2) is 29.4 Å². The van der Waals surface area contributed by atoms with E-state index in [0.29, 0.717) is 5.69 Å². The van der Waals surface area contributed by atoms with Crippen LogP contribution in [0.2, 0.25) is 5.15 Å². The molecule has 0 unspecified atom stereocenters. The number of hydrazone groups is 1. The summed E-state index contributed by atoms with van der Waals surface area (Å²) in [6.07, 6.45) is 1.46. The van der Waals surface area contributed by atoms with Crippen LogP contribution in [0.5, 0.6) is 0 Å². The number of nitrogens with two attached hydrogens (primary N) is 2. The minimum Gasteiger partial charge on any atom is -0.375 e. The number of hydrogen-bond donors (Lipinski definition) is 3. The Morgan fingerprint density at radius 1 is 1.45 bits per heavy atom. The number of rotatable bonds is 3. The van der Waals surface area contributed by atoms with Crippen molar-refractivity contribution in [2.45, 2.75) is 6.92 Å². The first-order chi connectivity index (χ1) is 9.49. The zero-order valence-corrected chi connectivity index (χ0v) is 12.2. The van der Waals surface area contributed by atoms with Crippen molar-refractivity contribution in [3.8, 4) is 5.69 Å². The zero-order chi connectivity index (χ0) is 14.7. The van der Waals surface area contributed by atoms with Gasteiger partial charge in [0.2, 0.25) is 5.95 Å². The van der Waals surface area contributed by atoms with Crippen molar-refractivity contribution in [1.29, 1.82) is 0 Å². The number of benzene rings is 1. The number of anilines is 1. The topological polar surface area (TPSA) is 94.2 Å².